The van der Waals surface area contributed by atoms with Crippen LogP contribution in [0.1, 0.15) is 67.1 Å². The van der Waals surface area contributed by atoms with Gasteiger partial charge in [-0.15, -0.1) is 0 Å². The SMILES string of the molecule is CC(C)[C@@H](O[C@H](c1ccccc1)C(C)(C)C(=O)C(C)(C)C)[C@H](C)CO. The zero-order chi connectivity index (χ0) is 19.4. The third-order valence-electron chi connectivity index (χ3n) is 4.82. The molecule has 25 heavy (non-hydrogen) atoms. The maximum Gasteiger partial charge on any atom is 0.146 e. The molecule has 3 heteroatoms. The van der Waals surface area contributed by atoms with Crippen molar-refractivity contribution in [1.82, 2.24) is 0 Å². The Hall–Kier alpha value is -1.19. The van der Waals surface area contributed by atoms with E-state index in [9.17, 15) is 9.90 Å². The van der Waals surface area contributed by atoms with Gasteiger partial charge in [-0.1, -0.05) is 85.7 Å². The number of carbonyl (C=O) groups excluding carboxylic acids is 1. The number of aliphatic hydroxyl groups is 1. The van der Waals surface area contributed by atoms with Gasteiger partial charge in [-0.25, -0.2) is 0 Å². The van der Waals surface area contributed by atoms with Crippen LogP contribution >= 0.6 is 0 Å². The Morgan fingerprint density at radius 2 is 1.56 bits per heavy atom. The number of benzene rings is 1. The number of rotatable bonds is 8. The summed E-state index contributed by atoms with van der Waals surface area (Å²) < 4.78 is 6.55. The molecule has 0 fully saturated rings. The van der Waals surface area contributed by atoms with Crippen molar-refractivity contribution in [3.05, 3.63) is 35.9 Å². The number of aliphatic hydroxyl groups excluding tert-OH is 1. The van der Waals surface area contributed by atoms with E-state index in [4.69, 9.17) is 4.74 Å². The minimum atomic E-state index is -0.679. The maximum absolute atomic E-state index is 13.2. The Morgan fingerprint density at radius 3 is 1.96 bits per heavy atom. The molecule has 142 valence electrons. The van der Waals surface area contributed by atoms with Crippen molar-refractivity contribution in [2.75, 3.05) is 6.61 Å². The third-order valence-corrected chi connectivity index (χ3v) is 4.82. The Balaban J connectivity index is 3.33. The molecular formula is C22H36O3. The van der Waals surface area contributed by atoms with Gasteiger partial charge in [0.15, 0.2) is 0 Å². The van der Waals surface area contributed by atoms with E-state index in [-0.39, 0.29) is 36.4 Å². The average molecular weight is 349 g/mol. The van der Waals surface area contributed by atoms with Crippen molar-refractivity contribution in [2.45, 2.75) is 67.6 Å². The lowest BCUT2D eigenvalue weighted by molar-refractivity contribution is -0.156. The molecule has 0 amide bonds. The Morgan fingerprint density at radius 1 is 1.04 bits per heavy atom. The van der Waals surface area contributed by atoms with E-state index in [1.807, 2.05) is 71.9 Å². The molecule has 1 N–H and O–H groups in total. The molecule has 1 rings (SSSR count). The van der Waals surface area contributed by atoms with Crippen LogP contribution in [-0.2, 0) is 9.53 Å². The van der Waals surface area contributed by atoms with Crippen LogP contribution in [-0.4, -0.2) is 23.6 Å². The summed E-state index contributed by atoms with van der Waals surface area (Å²) in [7, 11) is 0. The zero-order valence-corrected chi connectivity index (χ0v) is 17.2. The second-order valence-electron chi connectivity index (χ2n) is 9.10. The molecule has 1 aromatic carbocycles. The molecule has 0 aliphatic carbocycles. The standard InChI is InChI=1S/C22H36O3/c1-15(2)18(16(3)14-23)25-19(17-12-10-9-11-13-17)22(7,8)20(24)21(4,5)6/h9-13,15-16,18-19,23H,14H2,1-8H3/t16-,18-,19-/m1/s1. The van der Waals surface area contributed by atoms with Gasteiger partial charge in [-0.2, -0.15) is 0 Å². The molecule has 0 spiro atoms. The summed E-state index contributed by atoms with van der Waals surface area (Å²) in [6, 6.07) is 9.95. The normalized spacial score (nSPS) is 16.6. The first-order chi connectivity index (χ1) is 11.4. The summed E-state index contributed by atoms with van der Waals surface area (Å²) in [6.07, 6.45) is -0.482. The van der Waals surface area contributed by atoms with Gasteiger partial charge in [0, 0.05) is 17.9 Å². The first-order valence-electron chi connectivity index (χ1n) is 9.29. The monoisotopic (exact) mass is 348 g/mol. The number of hydrogen-bond acceptors (Lipinski definition) is 3. The van der Waals surface area contributed by atoms with Gasteiger partial charge in [0.1, 0.15) is 5.78 Å². The number of ether oxygens (including phenoxy) is 1. The molecule has 3 atom stereocenters. The highest BCUT2D eigenvalue weighted by atomic mass is 16.5. The van der Waals surface area contributed by atoms with E-state index in [0.29, 0.717) is 0 Å². The number of Topliss-reactive ketones (excluding diaryl/α,β-unsaturated/α-hetero) is 1. The minimum absolute atomic E-state index is 0.00625. The van der Waals surface area contributed by atoms with E-state index in [1.54, 1.807) is 0 Å². The van der Waals surface area contributed by atoms with Crippen molar-refractivity contribution in [2.24, 2.45) is 22.7 Å². The molecule has 0 unspecified atom stereocenters. The van der Waals surface area contributed by atoms with E-state index >= 15 is 0 Å². The highest BCUT2D eigenvalue weighted by Crippen LogP contribution is 2.43. The van der Waals surface area contributed by atoms with Gasteiger partial charge in [-0.3, -0.25) is 4.79 Å². The molecule has 0 saturated heterocycles. The highest BCUT2D eigenvalue weighted by molar-refractivity contribution is 5.89. The summed E-state index contributed by atoms with van der Waals surface area (Å²) in [5.74, 6) is 0.425. The second kappa shape index (κ2) is 8.46. The van der Waals surface area contributed by atoms with Crippen molar-refractivity contribution < 1.29 is 14.6 Å². The molecule has 0 heterocycles. The average Bonchev–Trinajstić information content (AvgIpc) is 2.53. The second-order valence-corrected chi connectivity index (χ2v) is 9.10. The Kier molecular flexibility index (Phi) is 7.40. The van der Waals surface area contributed by atoms with Gasteiger partial charge >= 0.3 is 0 Å². The summed E-state index contributed by atoms with van der Waals surface area (Å²) in [4.78, 5) is 13.2. The van der Waals surface area contributed by atoms with Crippen molar-refractivity contribution in [3.63, 3.8) is 0 Å². The lowest BCUT2D eigenvalue weighted by atomic mass is 9.70. The van der Waals surface area contributed by atoms with Gasteiger partial charge in [0.25, 0.3) is 0 Å². The van der Waals surface area contributed by atoms with Crippen LogP contribution in [0.3, 0.4) is 0 Å². The number of hydrogen-bond donors (Lipinski definition) is 1. The fourth-order valence-electron chi connectivity index (χ4n) is 3.59. The molecule has 0 radical (unpaired) electrons. The molecule has 3 nitrogen and oxygen atoms in total. The number of ketones is 1. The molecule has 1 aromatic rings. The molecule has 0 aliphatic rings. The summed E-state index contributed by atoms with van der Waals surface area (Å²) in [5.41, 5.74) is -0.126. The van der Waals surface area contributed by atoms with Crippen LogP contribution in [0.5, 0.6) is 0 Å². The lowest BCUT2D eigenvalue weighted by Crippen LogP contribution is -2.43. The third kappa shape index (κ3) is 5.39. The predicted octanol–water partition coefficient (Wildman–Crippen LogP) is 5.04. The molecule has 0 bridgehead atoms. The molecule has 0 aromatic heterocycles. The van der Waals surface area contributed by atoms with E-state index < -0.39 is 10.8 Å². The van der Waals surface area contributed by atoms with Gasteiger partial charge in [-0.05, 0) is 11.5 Å². The van der Waals surface area contributed by atoms with Crippen LogP contribution in [0, 0.1) is 22.7 Å². The zero-order valence-electron chi connectivity index (χ0n) is 17.2. The highest BCUT2D eigenvalue weighted by Gasteiger charge is 2.45. The fourth-order valence-corrected chi connectivity index (χ4v) is 3.59. The van der Waals surface area contributed by atoms with Gasteiger partial charge < -0.3 is 9.84 Å². The summed E-state index contributed by atoms with van der Waals surface area (Å²) in [6.45, 7) is 16.1. The van der Waals surface area contributed by atoms with Crippen LogP contribution in [0.25, 0.3) is 0 Å². The van der Waals surface area contributed by atoms with Gasteiger partial charge in [0.05, 0.1) is 17.6 Å². The Bertz CT molecular complexity index is 540. The summed E-state index contributed by atoms with van der Waals surface area (Å²) in [5, 5.41) is 9.63. The molecule has 0 saturated carbocycles. The van der Waals surface area contributed by atoms with Crippen molar-refractivity contribution in [3.8, 4) is 0 Å². The fraction of sp³-hybridized carbons (Fsp3) is 0.682. The Labute approximate surface area is 153 Å². The van der Waals surface area contributed by atoms with Crippen LogP contribution in [0.4, 0.5) is 0 Å². The van der Waals surface area contributed by atoms with E-state index in [0.717, 1.165) is 5.56 Å². The van der Waals surface area contributed by atoms with Gasteiger partial charge in [0.2, 0.25) is 0 Å². The van der Waals surface area contributed by atoms with Crippen LogP contribution in [0.15, 0.2) is 30.3 Å². The first kappa shape index (κ1) is 21.9. The molecule has 0 aliphatic heterocycles. The minimum Gasteiger partial charge on any atom is -0.396 e. The smallest absolute Gasteiger partial charge is 0.146 e. The maximum atomic E-state index is 13.2. The van der Waals surface area contributed by atoms with Crippen LogP contribution < -0.4 is 0 Å². The topological polar surface area (TPSA) is 46.5 Å². The van der Waals surface area contributed by atoms with Crippen molar-refractivity contribution >= 4 is 5.78 Å². The number of carbonyl (C=O) groups is 1. The van der Waals surface area contributed by atoms with E-state index in [1.165, 1.54) is 0 Å². The first-order valence-corrected chi connectivity index (χ1v) is 9.29. The quantitative estimate of drug-likeness (QED) is 0.716. The predicted molar refractivity (Wildman–Crippen MR) is 103 cm³/mol. The van der Waals surface area contributed by atoms with Crippen molar-refractivity contribution in [1.29, 1.82) is 0 Å². The molecular weight excluding hydrogens is 312 g/mol. The lowest BCUT2D eigenvalue weighted by Gasteiger charge is -2.41. The summed E-state index contributed by atoms with van der Waals surface area (Å²) >= 11 is 0. The van der Waals surface area contributed by atoms with E-state index in [2.05, 4.69) is 13.8 Å². The van der Waals surface area contributed by atoms with Crippen LogP contribution in [0.2, 0.25) is 0 Å². The largest absolute Gasteiger partial charge is 0.396 e.